The zero-order chi connectivity index (χ0) is 21.6. The van der Waals surface area contributed by atoms with E-state index in [1.165, 1.54) is 17.5 Å². The Morgan fingerprint density at radius 1 is 1.38 bits per heavy atom. The SMILES string of the molecule is C=C(SC(CC(C)N)NC1=CC=C(N2CCN(C)C(C)C2)CC1)C(=O)[C@H](C)CF. The highest BCUT2D eigenvalue weighted by Crippen LogP contribution is 2.28. The first-order valence-corrected chi connectivity index (χ1v) is 11.4. The number of nitrogens with zero attached hydrogens (tertiary/aromatic N) is 2. The Kier molecular flexibility index (Phi) is 9.24. The Morgan fingerprint density at radius 2 is 2.10 bits per heavy atom. The van der Waals surface area contributed by atoms with Crippen molar-refractivity contribution in [3.05, 3.63) is 35.0 Å². The molecule has 5 nitrogen and oxygen atoms in total. The fraction of sp³-hybridized carbons (Fsp3) is 0.682. The number of likely N-dealkylation sites (N-methyl/N-ethyl adjacent to an activating group) is 1. The van der Waals surface area contributed by atoms with E-state index >= 15 is 0 Å². The van der Waals surface area contributed by atoms with Crippen LogP contribution in [0.2, 0.25) is 0 Å². The predicted molar refractivity (Wildman–Crippen MR) is 121 cm³/mol. The van der Waals surface area contributed by atoms with Gasteiger partial charge in [-0.1, -0.05) is 25.3 Å². The molecule has 0 aromatic rings. The molecule has 1 heterocycles. The number of alkyl halides is 1. The minimum absolute atomic E-state index is 0.0105. The fourth-order valence-corrected chi connectivity index (χ4v) is 4.85. The van der Waals surface area contributed by atoms with Crippen LogP contribution in [0.5, 0.6) is 0 Å². The van der Waals surface area contributed by atoms with E-state index in [1.807, 2.05) is 6.92 Å². The standard InChI is InChI=1S/C22H37FN4OS/c1-15(13-23)22(28)18(4)29-21(12-16(2)24)25-19-6-8-20(9-7-19)27-11-10-26(5)17(3)14-27/h6,8,15-17,21,25H,4,7,9-14,24H2,1-3,5H3/t15-,16?,17?,21?/m1/s1. The number of hydrogen-bond donors (Lipinski definition) is 2. The molecule has 0 aromatic heterocycles. The van der Waals surface area contributed by atoms with Crippen LogP contribution in [0.3, 0.4) is 0 Å². The number of carbonyl (C=O) groups is 1. The number of hydrogen-bond acceptors (Lipinski definition) is 6. The summed E-state index contributed by atoms with van der Waals surface area (Å²) < 4.78 is 12.8. The minimum atomic E-state index is -0.659. The number of nitrogens with two attached hydrogens (primary N) is 1. The molecule has 0 radical (unpaired) electrons. The molecule has 4 atom stereocenters. The van der Waals surface area contributed by atoms with E-state index in [0.717, 1.165) is 38.2 Å². The molecular weight excluding hydrogens is 387 g/mol. The maximum Gasteiger partial charge on any atom is 0.174 e. The quantitative estimate of drug-likeness (QED) is 0.415. The fourth-order valence-electron chi connectivity index (χ4n) is 3.57. The predicted octanol–water partition coefficient (Wildman–Crippen LogP) is 3.26. The van der Waals surface area contributed by atoms with Gasteiger partial charge in [-0.25, -0.2) is 0 Å². The van der Waals surface area contributed by atoms with E-state index in [4.69, 9.17) is 5.73 Å². The van der Waals surface area contributed by atoms with Crippen molar-refractivity contribution < 1.29 is 9.18 Å². The van der Waals surface area contributed by atoms with Crippen LogP contribution in [0, 0.1) is 5.92 Å². The molecule has 0 saturated carbocycles. The van der Waals surface area contributed by atoms with Gasteiger partial charge in [-0.05, 0) is 52.3 Å². The molecule has 3 N–H and O–H groups in total. The third-order valence-electron chi connectivity index (χ3n) is 5.66. The van der Waals surface area contributed by atoms with Gasteiger partial charge in [0.2, 0.25) is 0 Å². The van der Waals surface area contributed by atoms with Crippen molar-refractivity contribution in [1.82, 2.24) is 15.1 Å². The van der Waals surface area contributed by atoms with E-state index < -0.39 is 12.6 Å². The Labute approximate surface area is 179 Å². The van der Waals surface area contributed by atoms with Crippen LogP contribution in [0.1, 0.15) is 40.0 Å². The molecular formula is C22H37FN4OS. The number of ketones is 1. The maximum absolute atomic E-state index is 12.8. The summed E-state index contributed by atoms with van der Waals surface area (Å²) in [6, 6.07) is 0.554. The summed E-state index contributed by atoms with van der Waals surface area (Å²) in [7, 11) is 2.18. The Bertz CT molecular complexity index is 649. The van der Waals surface area contributed by atoms with Gasteiger partial charge in [0.15, 0.2) is 5.78 Å². The van der Waals surface area contributed by atoms with Crippen LogP contribution in [0.25, 0.3) is 0 Å². The van der Waals surface area contributed by atoms with Crippen LogP contribution in [0.15, 0.2) is 35.0 Å². The number of thioether (sulfide) groups is 1. The largest absolute Gasteiger partial charge is 0.376 e. The highest BCUT2D eigenvalue weighted by molar-refractivity contribution is 8.04. The molecule has 164 valence electrons. The first-order chi connectivity index (χ1) is 13.7. The number of halogens is 1. The zero-order valence-corrected chi connectivity index (χ0v) is 19.1. The van der Waals surface area contributed by atoms with Crippen molar-refractivity contribution in [1.29, 1.82) is 0 Å². The highest BCUT2D eigenvalue weighted by atomic mass is 32.2. The van der Waals surface area contributed by atoms with E-state index in [0.29, 0.717) is 17.4 Å². The summed E-state index contributed by atoms with van der Waals surface area (Å²) in [5.74, 6) is -0.866. The molecule has 0 amide bonds. The number of rotatable bonds is 10. The van der Waals surface area contributed by atoms with E-state index in [-0.39, 0.29) is 17.2 Å². The molecule has 1 saturated heterocycles. The lowest BCUT2D eigenvalue weighted by Crippen LogP contribution is -2.49. The van der Waals surface area contributed by atoms with Crippen LogP contribution >= 0.6 is 11.8 Å². The number of Topliss-reactive ketones (excluding diaryl/α,β-unsaturated/α-hetero) is 1. The Morgan fingerprint density at radius 3 is 2.66 bits per heavy atom. The second kappa shape index (κ2) is 11.2. The molecule has 0 aromatic carbocycles. The summed E-state index contributed by atoms with van der Waals surface area (Å²) in [6.07, 6.45) is 6.99. The number of carbonyl (C=O) groups excluding carboxylic acids is 1. The summed E-state index contributed by atoms with van der Waals surface area (Å²) in [5.41, 5.74) is 8.55. The van der Waals surface area contributed by atoms with Gasteiger partial charge < -0.3 is 20.9 Å². The molecule has 29 heavy (non-hydrogen) atoms. The van der Waals surface area contributed by atoms with Gasteiger partial charge in [0, 0.05) is 53.9 Å². The van der Waals surface area contributed by atoms with Crippen LogP contribution in [0.4, 0.5) is 4.39 Å². The van der Waals surface area contributed by atoms with Crippen molar-refractivity contribution in [2.45, 2.75) is 57.5 Å². The molecule has 2 aliphatic rings. The second-order valence-corrected chi connectivity index (χ2v) is 9.73. The van der Waals surface area contributed by atoms with Crippen molar-refractivity contribution in [3.63, 3.8) is 0 Å². The minimum Gasteiger partial charge on any atom is -0.376 e. The van der Waals surface area contributed by atoms with E-state index in [2.05, 4.69) is 47.8 Å². The Hall–Kier alpha value is -1.31. The maximum atomic E-state index is 12.8. The normalized spacial score (nSPS) is 23.7. The molecule has 1 aliphatic heterocycles. The van der Waals surface area contributed by atoms with Gasteiger partial charge in [-0.15, -0.1) is 0 Å². The molecule has 0 bridgehead atoms. The first-order valence-electron chi connectivity index (χ1n) is 10.5. The molecule has 7 heteroatoms. The van der Waals surface area contributed by atoms with Gasteiger partial charge in [-0.3, -0.25) is 9.18 Å². The van der Waals surface area contributed by atoms with Gasteiger partial charge in [0.25, 0.3) is 0 Å². The summed E-state index contributed by atoms with van der Waals surface area (Å²) in [4.78, 5) is 17.5. The Balaban J connectivity index is 1.98. The second-order valence-electron chi connectivity index (χ2n) is 8.43. The molecule has 1 fully saturated rings. The zero-order valence-electron chi connectivity index (χ0n) is 18.3. The monoisotopic (exact) mass is 424 g/mol. The van der Waals surface area contributed by atoms with Crippen molar-refractivity contribution in [2.75, 3.05) is 33.4 Å². The lowest BCUT2D eigenvalue weighted by molar-refractivity contribution is -0.118. The summed E-state index contributed by atoms with van der Waals surface area (Å²) in [5, 5.41) is 3.48. The van der Waals surface area contributed by atoms with E-state index in [1.54, 1.807) is 6.92 Å². The van der Waals surface area contributed by atoms with Crippen molar-refractivity contribution >= 4 is 17.5 Å². The average molecular weight is 425 g/mol. The van der Waals surface area contributed by atoms with Gasteiger partial charge in [-0.2, -0.15) is 0 Å². The van der Waals surface area contributed by atoms with Gasteiger partial charge in [0.1, 0.15) is 0 Å². The van der Waals surface area contributed by atoms with Crippen molar-refractivity contribution in [3.8, 4) is 0 Å². The van der Waals surface area contributed by atoms with Gasteiger partial charge >= 0.3 is 0 Å². The van der Waals surface area contributed by atoms with Crippen LogP contribution < -0.4 is 11.1 Å². The third-order valence-corrected chi connectivity index (χ3v) is 6.74. The smallest absolute Gasteiger partial charge is 0.174 e. The first kappa shape index (κ1) is 24.0. The third kappa shape index (κ3) is 7.15. The number of nitrogens with one attached hydrogen (secondary N) is 1. The lowest BCUT2D eigenvalue weighted by atomic mass is 10.0. The van der Waals surface area contributed by atoms with Crippen molar-refractivity contribution in [2.24, 2.45) is 11.7 Å². The topological polar surface area (TPSA) is 61.6 Å². The number of allylic oxidation sites excluding steroid dienone is 5. The molecule has 3 unspecified atom stereocenters. The summed E-state index contributed by atoms with van der Waals surface area (Å²) in [6.45, 7) is 12.3. The highest BCUT2D eigenvalue weighted by Gasteiger charge is 2.25. The average Bonchev–Trinajstić information content (AvgIpc) is 2.68. The van der Waals surface area contributed by atoms with Crippen LogP contribution in [-0.4, -0.2) is 66.4 Å². The van der Waals surface area contributed by atoms with Gasteiger partial charge in [0.05, 0.1) is 12.0 Å². The number of piperazine rings is 1. The molecule has 1 aliphatic carbocycles. The summed E-state index contributed by atoms with van der Waals surface area (Å²) >= 11 is 1.37. The van der Waals surface area contributed by atoms with Crippen LogP contribution in [-0.2, 0) is 4.79 Å². The lowest BCUT2D eigenvalue weighted by Gasteiger charge is -2.40. The molecule has 0 spiro atoms. The van der Waals surface area contributed by atoms with E-state index in [9.17, 15) is 9.18 Å². The molecule has 2 rings (SSSR count).